The number of hydrogen-bond acceptors (Lipinski definition) is 6. The Hall–Kier alpha value is -3.81. The zero-order chi connectivity index (χ0) is 31.8. The fourth-order valence-corrected chi connectivity index (χ4v) is 6.97. The molecule has 0 spiro atoms. The van der Waals surface area contributed by atoms with E-state index >= 15 is 0 Å². The van der Waals surface area contributed by atoms with Gasteiger partial charge >= 0.3 is 12.4 Å². The zero-order valence-corrected chi connectivity index (χ0v) is 24.2. The summed E-state index contributed by atoms with van der Waals surface area (Å²) < 4.78 is 88.1. The maximum absolute atomic E-state index is 13.6. The standard InChI is InChI=1S/C32H32F6N6O/c33-31(34,35)24-15-22(16-25(17-24)32(36,37)38)20-45-28-12-11-27-26(29-40-42-44(41-29)14-13-39)18-30(28,23-9-5-2-6-10-23)43(27)19-21-7-3-1-4-8-21/h1-10,15-17,26-28H,11-14,18-20,39H2. The third-order valence-electron chi connectivity index (χ3n) is 8.86. The second-order valence-corrected chi connectivity index (χ2v) is 11.6. The third-order valence-corrected chi connectivity index (χ3v) is 8.86. The van der Waals surface area contributed by atoms with Gasteiger partial charge in [0.15, 0.2) is 5.82 Å². The molecule has 2 saturated heterocycles. The fourth-order valence-electron chi connectivity index (χ4n) is 6.97. The molecule has 7 nitrogen and oxygen atoms in total. The van der Waals surface area contributed by atoms with Gasteiger partial charge in [0, 0.05) is 25.0 Å². The number of piperidine rings is 1. The minimum absolute atomic E-state index is 0.0221. The summed E-state index contributed by atoms with van der Waals surface area (Å²) >= 11 is 0. The van der Waals surface area contributed by atoms with Crippen molar-refractivity contribution in [3.8, 4) is 0 Å². The van der Waals surface area contributed by atoms with E-state index in [1.54, 1.807) is 0 Å². The number of alkyl halides is 6. The number of nitrogens with zero attached hydrogens (tertiary/aromatic N) is 5. The summed E-state index contributed by atoms with van der Waals surface area (Å²) in [7, 11) is 0. The topological polar surface area (TPSA) is 82.1 Å². The highest BCUT2D eigenvalue weighted by molar-refractivity contribution is 5.35. The summed E-state index contributed by atoms with van der Waals surface area (Å²) in [4.78, 5) is 3.82. The number of aromatic nitrogens is 4. The highest BCUT2D eigenvalue weighted by Crippen LogP contribution is 2.57. The van der Waals surface area contributed by atoms with E-state index in [9.17, 15) is 26.3 Å². The van der Waals surface area contributed by atoms with Gasteiger partial charge < -0.3 is 10.5 Å². The van der Waals surface area contributed by atoms with E-state index in [0.29, 0.717) is 44.7 Å². The molecular formula is C32H32F6N6O. The quantitative estimate of drug-likeness (QED) is 0.219. The van der Waals surface area contributed by atoms with Crippen molar-refractivity contribution < 1.29 is 31.1 Å². The summed E-state index contributed by atoms with van der Waals surface area (Å²) in [5, 5.41) is 13.2. The van der Waals surface area contributed by atoms with Gasteiger partial charge in [-0.3, -0.25) is 4.90 Å². The van der Waals surface area contributed by atoms with E-state index in [2.05, 4.69) is 20.3 Å². The molecule has 2 aliphatic heterocycles. The second kappa shape index (κ2) is 12.2. The summed E-state index contributed by atoms with van der Waals surface area (Å²) in [6.45, 7) is 0.866. The van der Waals surface area contributed by atoms with Gasteiger partial charge in [-0.25, -0.2) is 0 Å². The predicted octanol–water partition coefficient (Wildman–Crippen LogP) is 6.30. The average Bonchev–Trinajstić information content (AvgIpc) is 3.55. The lowest BCUT2D eigenvalue weighted by atomic mass is 9.78. The normalized spacial score (nSPS) is 23.8. The molecule has 13 heteroatoms. The van der Waals surface area contributed by atoms with E-state index in [-0.39, 0.29) is 23.6 Å². The Morgan fingerprint density at radius 1 is 0.844 bits per heavy atom. The highest BCUT2D eigenvalue weighted by atomic mass is 19.4. The molecule has 0 aliphatic carbocycles. The Kier molecular flexibility index (Phi) is 8.44. The Morgan fingerprint density at radius 3 is 2.11 bits per heavy atom. The molecule has 0 saturated carbocycles. The number of ether oxygens (including phenoxy) is 1. The summed E-state index contributed by atoms with van der Waals surface area (Å²) in [6, 6.07) is 21.2. The van der Waals surface area contributed by atoms with Crippen LogP contribution in [0.1, 0.15) is 58.8 Å². The second-order valence-electron chi connectivity index (χ2n) is 11.6. The molecule has 6 rings (SSSR count). The Balaban J connectivity index is 1.41. The lowest BCUT2D eigenvalue weighted by Crippen LogP contribution is -2.56. The molecule has 2 aliphatic rings. The number of hydrogen-bond donors (Lipinski definition) is 1. The number of fused-ring (bicyclic) bond motifs is 2. The minimum atomic E-state index is -4.95. The van der Waals surface area contributed by atoms with Gasteiger partial charge in [-0.1, -0.05) is 60.7 Å². The molecule has 3 heterocycles. The molecule has 4 unspecified atom stereocenters. The highest BCUT2D eigenvalue weighted by Gasteiger charge is 2.60. The van der Waals surface area contributed by atoms with E-state index < -0.39 is 41.7 Å². The van der Waals surface area contributed by atoms with Crippen LogP contribution in [0.3, 0.4) is 0 Å². The van der Waals surface area contributed by atoms with Crippen LogP contribution >= 0.6 is 0 Å². The van der Waals surface area contributed by atoms with E-state index in [1.807, 2.05) is 60.7 Å². The molecule has 3 aromatic carbocycles. The minimum Gasteiger partial charge on any atom is -0.371 e. The first-order chi connectivity index (χ1) is 21.5. The molecule has 238 valence electrons. The van der Waals surface area contributed by atoms with E-state index in [1.165, 1.54) is 4.80 Å². The van der Waals surface area contributed by atoms with Crippen molar-refractivity contribution in [1.29, 1.82) is 0 Å². The Morgan fingerprint density at radius 2 is 1.49 bits per heavy atom. The molecule has 2 fully saturated rings. The molecule has 1 aromatic heterocycles. The van der Waals surface area contributed by atoms with Crippen molar-refractivity contribution >= 4 is 0 Å². The first-order valence-corrected chi connectivity index (χ1v) is 14.7. The number of rotatable bonds is 9. The number of halogens is 6. The van der Waals surface area contributed by atoms with E-state index in [4.69, 9.17) is 10.5 Å². The van der Waals surface area contributed by atoms with Crippen molar-refractivity contribution in [3.63, 3.8) is 0 Å². The zero-order valence-electron chi connectivity index (χ0n) is 24.2. The van der Waals surface area contributed by atoms with Crippen LogP contribution in [0.2, 0.25) is 0 Å². The molecular weight excluding hydrogens is 598 g/mol. The van der Waals surface area contributed by atoms with Crippen LogP contribution in [0.4, 0.5) is 26.3 Å². The SMILES string of the molecule is NCCn1nnc(C2CC3(c4ccccc4)C(OCc4cc(C(F)(F)F)cc(C(F)(F)F)c4)CCC2N3Cc2ccccc2)n1. The van der Waals surface area contributed by atoms with Crippen molar-refractivity contribution in [2.75, 3.05) is 6.54 Å². The molecule has 4 atom stereocenters. The largest absolute Gasteiger partial charge is 0.416 e. The first-order valence-electron chi connectivity index (χ1n) is 14.7. The van der Waals surface area contributed by atoms with Crippen LogP contribution in [-0.2, 0) is 42.3 Å². The maximum atomic E-state index is 13.6. The van der Waals surface area contributed by atoms with Gasteiger partial charge in [0.25, 0.3) is 0 Å². The van der Waals surface area contributed by atoms with Crippen molar-refractivity contribution in [3.05, 3.63) is 113 Å². The molecule has 0 radical (unpaired) electrons. The Labute approximate surface area is 256 Å². The van der Waals surface area contributed by atoms with Crippen LogP contribution in [0.5, 0.6) is 0 Å². The van der Waals surface area contributed by atoms with E-state index in [0.717, 1.165) is 23.3 Å². The van der Waals surface area contributed by atoms with Crippen molar-refractivity contribution in [1.82, 2.24) is 25.1 Å². The Bertz CT molecular complexity index is 1560. The van der Waals surface area contributed by atoms with Gasteiger partial charge in [-0.05, 0) is 59.4 Å². The summed E-state index contributed by atoms with van der Waals surface area (Å²) in [5.41, 5.74) is 3.99. The van der Waals surface area contributed by atoms with Crippen LogP contribution < -0.4 is 5.73 Å². The molecule has 4 aromatic rings. The fraction of sp³-hybridized carbons (Fsp3) is 0.406. The predicted molar refractivity (Wildman–Crippen MR) is 152 cm³/mol. The van der Waals surface area contributed by atoms with Gasteiger partial charge in [0.1, 0.15) is 0 Å². The van der Waals surface area contributed by atoms with Gasteiger partial charge in [0.2, 0.25) is 0 Å². The van der Waals surface area contributed by atoms with Crippen LogP contribution in [-0.4, -0.2) is 43.8 Å². The number of nitrogens with two attached hydrogens (primary N) is 1. The van der Waals surface area contributed by atoms with Gasteiger partial charge in [-0.15, -0.1) is 10.2 Å². The molecule has 2 bridgehead atoms. The van der Waals surface area contributed by atoms with Crippen LogP contribution in [0.25, 0.3) is 0 Å². The number of tetrazole rings is 1. The summed E-state index contributed by atoms with van der Waals surface area (Å²) in [5.74, 6) is 0.414. The molecule has 45 heavy (non-hydrogen) atoms. The lowest BCUT2D eigenvalue weighted by molar-refractivity contribution is -0.143. The molecule has 0 amide bonds. The first kappa shape index (κ1) is 31.2. The smallest absolute Gasteiger partial charge is 0.371 e. The van der Waals surface area contributed by atoms with Crippen molar-refractivity contribution in [2.24, 2.45) is 5.73 Å². The monoisotopic (exact) mass is 630 g/mol. The third kappa shape index (κ3) is 6.21. The molecule has 2 N–H and O–H groups in total. The van der Waals surface area contributed by atoms with Gasteiger partial charge in [-0.2, -0.15) is 31.1 Å². The average molecular weight is 631 g/mol. The van der Waals surface area contributed by atoms with Crippen LogP contribution in [0.15, 0.2) is 78.9 Å². The number of benzene rings is 3. The lowest BCUT2D eigenvalue weighted by Gasteiger charge is -2.50. The van der Waals surface area contributed by atoms with Crippen LogP contribution in [0, 0.1) is 0 Å². The maximum Gasteiger partial charge on any atom is 0.416 e. The van der Waals surface area contributed by atoms with Crippen molar-refractivity contribution in [2.45, 2.75) is 74.9 Å². The summed E-state index contributed by atoms with van der Waals surface area (Å²) in [6.07, 6.45) is -8.75. The van der Waals surface area contributed by atoms with Gasteiger partial charge in [0.05, 0.1) is 35.9 Å².